The zero-order valence-electron chi connectivity index (χ0n) is 8.42. The Morgan fingerprint density at radius 1 is 1.38 bits per heavy atom. The highest BCUT2D eigenvalue weighted by Crippen LogP contribution is 2.07. The molecule has 0 spiro atoms. The van der Waals surface area contributed by atoms with Crippen molar-refractivity contribution < 1.29 is 9.90 Å². The van der Waals surface area contributed by atoms with E-state index in [-0.39, 0.29) is 18.4 Å². The lowest BCUT2D eigenvalue weighted by atomic mass is 10.2. The van der Waals surface area contributed by atoms with Crippen LogP contribution in [-0.4, -0.2) is 15.7 Å². The van der Waals surface area contributed by atoms with Crippen LogP contribution in [0.4, 0.5) is 0 Å². The Morgan fingerprint density at radius 3 is 2.88 bits per heavy atom. The van der Waals surface area contributed by atoms with Gasteiger partial charge in [-0.3, -0.25) is 9.48 Å². The number of aromatic nitrogens is 2. The van der Waals surface area contributed by atoms with Gasteiger partial charge < -0.3 is 9.90 Å². The summed E-state index contributed by atoms with van der Waals surface area (Å²) in [6.45, 7) is 0.198. The molecule has 0 amide bonds. The number of fused-ring (bicyclic) bond motifs is 1. The summed E-state index contributed by atoms with van der Waals surface area (Å²) in [6, 6.07) is 6.96. The molecule has 0 atom stereocenters. The molecule has 2 aromatic rings. The summed E-state index contributed by atoms with van der Waals surface area (Å²) in [5, 5.41) is 14.8. The summed E-state index contributed by atoms with van der Waals surface area (Å²) in [4.78, 5) is 21.8. The third-order valence-electron chi connectivity index (χ3n) is 2.29. The van der Waals surface area contributed by atoms with Crippen LogP contribution in [0.5, 0.6) is 0 Å². The molecule has 2 rings (SSSR count). The molecule has 0 bridgehead atoms. The number of carbonyl (C=O) groups excluding carboxylic acids is 1. The third kappa shape index (κ3) is 1.93. The van der Waals surface area contributed by atoms with Crippen molar-refractivity contribution in [2.24, 2.45) is 0 Å². The predicted octanol–water partition coefficient (Wildman–Crippen LogP) is -0.464. The van der Waals surface area contributed by atoms with E-state index in [2.05, 4.69) is 5.10 Å². The zero-order chi connectivity index (χ0) is 11.5. The quantitative estimate of drug-likeness (QED) is 0.697. The Morgan fingerprint density at radius 2 is 2.12 bits per heavy atom. The van der Waals surface area contributed by atoms with Crippen LogP contribution in [0.15, 0.2) is 35.3 Å². The van der Waals surface area contributed by atoms with Crippen LogP contribution in [0.3, 0.4) is 0 Å². The number of nitrogens with zero attached hydrogens (tertiary/aromatic N) is 2. The lowest BCUT2D eigenvalue weighted by Gasteiger charge is -2.08. The van der Waals surface area contributed by atoms with Crippen LogP contribution >= 0.6 is 0 Å². The second kappa shape index (κ2) is 4.14. The van der Waals surface area contributed by atoms with Crippen molar-refractivity contribution in [3.05, 3.63) is 40.7 Å². The largest absolute Gasteiger partial charge is 0.550 e. The van der Waals surface area contributed by atoms with E-state index in [9.17, 15) is 14.7 Å². The highest BCUT2D eigenvalue weighted by Gasteiger charge is 2.02. The molecule has 0 saturated heterocycles. The maximum absolute atomic E-state index is 11.5. The highest BCUT2D eigenvalue weighted by molar-refractivity contribution is 5.78. The zero-order valence-corrected chi connectivity index (χ0v) is 8.42. The lowest BCUT2D eigenvalue weighted by molar-refractivity contribution is -0.305. The van der Waals surface area contributed by atoms with E-state index in [0.29, 0.717) is 10.9 Å². The first-order valence-corrected chi connectivity index (χ1v) is 4.83. The molecule has 0 aliphatic heterocycles. The molecule has 82 valence electrons. The van der Waals surface area contributed by atoms with Crippen LogP contribution in [0.2, 0.25) is 0 Å². The van der Waals surface area contributed by atoms with Gasteiger partial charge in [0.05, 0.1) is 11.7 Å². The van der Waals surface area contributed by atoms with Crippen LogP contribution in [-0.2, 0) is 11.3 Å². The number of carboxylic acid groups (broad SMARTS) is 1. The first-order chi connectivity index (χ1) is 7.68. The van der Waals surface area contributed by atoms with Crippen molar-refractivity contribution in [2.45, 2.75) is 13.0 Å². The molecule has 0 aliphatic carbocycles. The van der Waals surface area contributed by atoms with Crippen LogP contribution in [0.25, 0.3) is 10.9 Å². The fourth-order valence-electron chi connectivity index (χ4n) is 1.54. The second-order valence-electron chi connectivity index (χ2n) is 3.37. The number of para-hydroxylation sites is 1. The first kappa shape index (κ1) is 10.4. The normalized spacial score (nSPS) is 10.5. The van der Waals surface area contributed by atoms with E-state index in [1.54, 1.807) is 24.3 Å². The van der Waals surface area contributed by atoms with Crippen LogP contribution < -0.4 is 10.5 Å². The fraction of sp³-hybridized carbons (Fsp3) is 0.182. The average Bonchev–Trinajstić information content (AvgIpc) is 2.28. The molecule has 5 heteroatoms. The Balaban J connectivity index is 2.50. The van der Waals surface area contributed by atoms with Crippen molar-refractivity contribution in [2.75, 3.05) is 0 Å². The van der Waals surface area contributed by atoms with Gasteiger partial charge in [-0.05, 0) is 12.1 Å². The van der Waals surface area contributed by atoms with Crippen LogP contribution in [0.1, 0.15) is 6.42 Å². The van der Waals surface area contributed by atoms with Crippen molar-refractivity contribution in [3.8, 4) is 0 Å². The van der Waals surface area contributed by atoms with Crippen molar-refractivity contribution in [1.82, 2.24) is 9.78 Å². The van der Waals surface area contributed by atoms with Gasteiger partial charge in [0.25, 0.3) is 0 Å². The number of benzene rings is 1. The second-order valence-corrected chi connectivity index (χ2v) is 3.37. The number of carboxylic acids is 1. The number of hydrogen-bond donors (Lipinski definition) is 0. The standard InChI is InChI=1S/C11H10N2O3/c14-10-7-12-13(6-5-11(15)16)9-4-2-1-3-8(9)10/h1-4,7H,5-6H2,(H,15,16)/p-1. The summed E-state index contributed by atoms with van der Waals surface area (Å²) < 4.78 is 1.49. The van der Waals surface area contributed by atoms with Gasteiger partial charge in [0.15, 0.2) is 0 Å². The number of carbonyl (C=O) groups is 1. The molecule has 0 aliphatic rings. The van der Waals surface area contributed by atoms with Crippen molar-refractivity contribution >= 4 is 16.9 Å². The summed E-state index contributed by atoms with van der Waals surface area (Å²) >= 11 is 0. The van der Waals surface area contributed by atoms with E-state index < -0.39 is 5.97 Å². The molecule has 0 N–H and O–H groups in total. The average molecular weight is 217 g/mol. The minimum absolute atomic E-state index is 0.125. The Kier molecular flexibility index (Phi) is 2.68. The fourth-order valence-corrected chi connectivity index (χ4v) is 1.54. The maximum Gasteiger partial charge on any atom is 0.207 e. The van der Waals surface area contributed by atoms with Gasteiger partial charge in [-0.15, -0.1) is 0 Å². The molecular formula is C11H9N2O3-. The maximum atomic E-state index is 11.5. The van der Waals surface area contributed by atoms with Crippen molar-refractivity contribution in [3.63, 3.8) is 0 Å². The Hall–Kier alpha value is -2.17. The minimum Gasteiger partial charge on any atom is -0.550 e. The highest BCUT2D eigenvalue weighted by atomic mass is 16.4. The number of aliphatic carboxylic acids is 1. The molecule has 0 unspecified atom stereocenters. The van der Waals surface area contributed by atoms with Gasteiger partial charge in [-0.2, -0.15) is 5.10 Å². The molecule has 1 aromatic heterocycles. The molecule has 0 saturated carbocycles. The summed E-state index contributed by atoms with van der Waals surface area (Å²) in [5.74, 6) is -1.13. The van der Waals surface area contributed by atoms with Gasteiger partial charge in [0.2, 0.25) is 5.43 Å². The lowest BCUT2D eigenvalue weighted by Crippen LogP contribution is -2.24. The monoisotopic (exact) mass is 217 g/mol. The van der Waals surface area contributed by atoms with Gasteiger partial charge in [0, 0.05) is 24.3 Å². The van der Waals surface area contributed by atoms with E-state index in [1.165, 1.54) is 10.9 Å². The van der Waals surface area contributed by atoms with Crippen LogP contribution in [0, 0.1) is 0 Å². The smallest absolute Gasteiger partial charge is 0.207 e. The molecule has 1 aromatic carbocycles. The Bertz CT molecular complexity index is 589. The molecule has 16 heavy (non-hydrogen) atoms. The Labute approximate surface area is 90.9 Å². The number of hydrogen-bond acceptors (Lipinski definition) is 4. The van der Waals surface area contributed by atoms with E-state index >= 15 is 0 Å². The van der Waals surface area contributed by atoms with Gasteiger partial charge in [-0.25, -0.2) is 0 Å². The molecule has 0 fully saturated rings. The minimum atomic E-state index is -1.13. The molecule has 5 nitrogen and oxygen atoms in total. The van der Waals surface area contributed by atoms with E-state index in [4.69, 9.17) is 0 Å². The van der Waals surface area contributed by atoms with Crippen molar-refractivity contribution in [1.29, 1.82) is 0 Å². The molecule has 1 heterocycles. The molecular weight excluding hydrogens is 208 g/mol. The topological polar surface area (TPSA) is 75.0 Å². The van der Waals surface area contributed by atoms with Gasteiger partial charge >= 0.3 is 0 Å². The number of aryl methyl sites for hydroxylation is 1. The van der Waals surface area contributed by atoms with Gasteiger partial charge in [-0.1, -0.05) is 12.1 Å². The number of rotatable bonds is 3. The summed E-state index contributed by atoms with van der Waals surface area (Å²) in [6.07, 6.45) is 1.07. The summed E-state index contributed by atoms with van der Waals surface area (Å²) in [7, 11) is 0. The summed E-state index contributed by atoms with van der Waals surface area (Å²) in [5.41, 5.74) is 0.469. The first-order valence-electron chi connectivity index (χ1n) is 4.83. The molecule has 0 radical (unpaired) electrons. The van der Waals surface area contributed by atoms with E-state index in [1.807, 2.05) is 0 Å². The van der Waals surface area contributed by atoms with E-state index in [0.717, 1.165) is 0 Å². The third-order valence-corrected chi connectivity index (χ3v) is 2.29. The SMILES string of the molecule is O=C([O-])CCn1ncc(=O)c2ccccc21. The predicted molar refractivity (Wildman–Crippen MR) is 55.6 cm³/mol. The van der Waals surface area contributed by atoms with Gasteiger partial charge in [0.1, 0.15) is 0 Å².